The van der Waals surface area contributed by atoms with Crippen LogP contribution < -0.4 is 5.32 Å². The van der Waals surface area contributed by atoms with Gasteiger partial charge in [0, 0.05) is 5.02 Å². The number of thioether (sulfide) groups is 1. The molecule has 0 bridgehead atoms. The van der Waals surface area contributed by atoms with Crippen LogP contribution in [0.25, 0.3) is 0 Å². The molecule has 6 nitrogen and oxygen atoms in total. The van der Waals surface area contributed by atoms with E-state index in [2.05, 4.69) is 20.8 Å². The van der Waals surface area contributed by atoms with Gasteiger partial charge in [0.25, 0.3) is 0 Å². The lowest BCUT2D eigenvalue weighted by molar-refractivity contribution is -0.119. The maximum atomic E-state index is 12.5. The van der Waals surface area contributed by atoms with Gasteiger partial charge in [-0.2, -0.15) is 0 Å². The van der Waals surface area contributed by atoms with Crippen LogP contribution >= 0.6 is 23.4 Å². The van der Waals surface area contributed by atoms with Crippen molar-refractivity contribution >= 4 is 29.3 Å². The molecule has 0 radical (unpaired) electrons. The molecule has 2 aromatic rings. The molecule has 4 rings (SSSR count). The smallest absolute Gasteiger partial charge is 0.230 e. The number of aromatic nitrogens is 4. The monoisotopic (exact) mass is 391 g/mol. The fourth-order valence-corrected chi connectivity index (χ4v) is 4.46. The number of rotatable bonds is 7. The highest BCUT2D eigenvalue weighted by atomic mass is 35.5. The summed E-state index contributed by atoms with van der Waals surface area (Å²) in [5, 5.41) is 16.7. The molecular formula is C18H22ClN5OS. The third kappa shape index (κ3) is 4.20. The van der Waals surface area contributed by atoms with Crippen molar-refractivity contribution in [3.63, 3.8) is 0 Å². The second-order valence-electron chi connectivity index (χ2n) is 7.07. The molecule has 2 aliphatic carbocycles. The summed E-state index contributed by atoms with van der Waals surface area (Å²) < 4.78 is 1.89. The second-order valence-corrected chi connectivity index (χ2v) is 8.45. The van der Waals surface area contributed by atoms with Gasteiger partial charge in [-0.3, -0.25) is 4.79 Å². The molecule has 2 aliphatic rings. The maximum absolute atomic E-state index is 12.5. The number of tetrazole rings is 1. The lowest BCUT2D eigenvalue weighted by atomic mass is 10.0. The number of carbonyl (C=O) groups excluding carboxylic acids is 1. The Labute approximate surface area is 162 Å². The zero-order valence-corrected chi connectivity index (χ0v) is 16.0. The number of nitrogens with zero attached hydrogens (tertiary/aromatic N) is 4. The van der Waals surface area contributed by atoms with Gasteiger partial charge < -0.3 is 5.32 Å². The van der Waals surface area contributed by atoms with Crippen LogP contribution in [-0.4, -0.2) is 31.9 Å². The molecule has 1 unspecified atom stereocenters. The van der Waals surface area contributed by atoms with E-state index in [4.69, 9.17) is 11.6 Å². The Kier molecular flexibility index (Phi) is 5.45. The molecule has 1 N–H and O–H groups in total. The van der Waals surface area contributed by atoms with E-state index in [1.807, 2.05) is 28.9 Å². The summed E-state index contributed by atoms with van der Waals surface area (Å²) in [4.78, 5) is 12.5. The van der Waals surface area contributed by atoms with Crippen LogP contribution in [0.3, 0.4) is 0 Å². The van der Waals surface area contributed by atoms with Crippen molar-refractivity contribution < 1.29 is 4.79 Å². The van der Waals surface area contributed by atoms with Crippen molar-refractivity contribution in [1.29, 1.82) is 0 Å². The predicted octanol–water partition coefficient (Wildman–Crippen LogP) is 3.80. The lowest BCUT2D eigenvalue weighted by Crippen LogP contribution is -2.31. The number of nitrogens with one attached hydrogen (secondary N) is 1. The fourth-order valence-electron chi connectivity index (χ4n) is 3.58. The summed E-state index contributed by atoms with van der Waals surface area (Å²) in [6.07, 6.45) is 6.98. The molecule has 1 aromatic heterocycles. The normalized spacial score (nSPS) is 18.8. The zero-order valence-electron chi connectivity index (χ0n) is 14.5. The SMILES string of the molecule is O=C(CSc1nnnn1C1CCCC1)NC(c1ccc(Cl)cc1)C1CC1. The van der Waals surface area contributed by atoms with Crippen LogP contribution in [0.1, 0.15) is 56.2 Å². The molecule has 2 fully saturated rings. The van der Waals surface area contributed by atoms with Crippen molar-refractivity contribution in [2.75, 3.05) is 5.75 Å². The van der Waals surface area contributed by atoms with Crippen molar-refractivity contribution in [2.45, 2.75) is 55.8 Å². The van der Waals surface area contributed by atoms with E-state index in [9.17, 15) is 4.79 Å². The Morgan fingerprint density at radius 2 is 1.96 bits per heavy atom. The number of hydrogen-bond acceptors (Lipinski definition) is 5. The Balaban J connectivity index is 1.36. The Bertz CT molecular complexity index is 755. The average Bonchev–Trinajstić information content (AvgIpc) is 3.14. The number of amides is 1. The van der Waals surface area contributed by atoms with Crippen LogP contribution in [0, 0.1) is 5.92 Å². The second kappa shape index (κ2) is 7.96. The number of hydrogen-bond donors (Lipinski definition) is 1. The van der Waals surface area contributed by atoms with Gasteiger partial charge >= 0.3 is 0 Å². The van der Waals surface area contributed by atoms with Crippen LogP contribution in [0.4, 0.5) is 0 Å². The molecule has 2 saturated carbocycles. The summed E-state index contributed by atoms with van der Waals surface area (Å²) >= 11 is 7.40. The van der Waals surface area contributed by atoms with E-state index in [0.717, 1.165) is 36.4 Å². The van der Waals surface area contributed by atoms with Gasteiger partial charge in [-0.1, -0.05) is 48.3 Å². The minimum atomic E-state index is 0.0165. The standard InChI is InChI=1S/C18H22ClN5OS/c19-14-9-7-13(8-10-14)17(12-5-6-12)20-16(25)11-26-18-21-22-23-24(18)15-3-1-2-4-15/h7-10,12,15,17H,1-6,11H2,(H,20,25). The summed E-state index contributed by atoms with van der Waals surface area (Å²) in [5.41, 5.74) is 1.12. The summed E-state index contributed by atoms with van der Waals surface area (Å²) in [5.74, 6) is 0.862. The Hall–Kier alpha value is -1.60. The van der Waals surface area contributed by atoms with Crippen molar-refractivity contribution in [1.82, 2.24) is 25.5 Å². The average molecular weight is 392 g/mol. The van der Waals surface area contributed by atoms with Gasteiger partial charge in [0.05, 0.1) is 17.8 Å². The first-order chi connectivity index (χ1) is 12.7. The quantitative estimate of drug-likeness (QED) is 0.726. The van der Waals surface area contributed by atoms with E-state index in [1.165, 1.54) is 24.6 Å². The molecule has 1 aromatic carbocycles. The Morgan fingerprint density at radius 3 is 2.65 bits per heavy atom. The molecule has 0 aliphatic heterocycles. The molecule has 0 spiro atoms. The van der Waals surface area contributed by atoms with Gasteiger partial charge in [-0.15, -0.1) is 5.10 Å². The highest BCUT2D eigenvalue weighted by molar-refractivity contribution is 7.99. The molecule has 1 amide bonds. The van der Waals surface area contributed by atoms with Crippen molar-refractivity contribution in [3.05, 3.63) is 34.9 Å². The van der Waals surface area contributed by atoms with Gasteiger partial charge in [-0.05, 0) is 59.7 Å². The molecule has 138 valence electrons. The number of halogens is 1. The minimum absolute atomic E-state index is 0.0165. The van der Waals surface area contributed by atoms with Crippen LogP contribution in [-0.2, 0) is 4.79 Å². The first kappa shape index (κ1) is 17.8. The third-order valence-electron chi connectivity index (χ3n) is 5.10. The highest BCUT2D eigenvalue weighted by Crippen LogP contribution is 2.41. The van der Waals surface area contributed by atoms with E-state index >= 15 is 0 Å². The highest BCUT2D eigenvalue weighted by Gasteiger charge is 2.33. The molecular weight excluding hydrogens is 370 g/mol. The van der Waals surface area contributed by atoms with Crippen molar-refractivity contribution in [3.8, 4) is 0 Å². The zero-order chi connectivity index (χ0) is 17.9. The summed E-state index contributed by atoms with van der Waals surface area (Å²) in [7, 11) is 0. The first-order valence-corrected chi connectivity index (χ1v) is 10.5. The van der Waals surface area contributed by atoms with Gasteiger partial charge in [0.2, 0.25) is 11.1 Å². The largest absolute Gasteiger partial charge is 0.348 e. The molecule has 26 heavy (non-hydrogen) atoms. The molecule has 0 saturated heterocycles. The maximum Gasteiger partial charge on any atom is 0.230 e. The minimum Gasteiger partial charge on any atom is -0.348 e. The number of carbonyl (C=O) groups is 1. The van der Waals surface area contributed by atoms with Crippen LogP contribution in [0.15, 0.2) is 29.4 Å². The Morgan fingerprint density at radius 1 is 1.23 bits per heavy atom. The summed E-state index contributed by atoms with van der Waals surface area (Å²) in [6, 6.07) is 8.19. The third-order valence-corrected chi connectivity index (χ3v) is 6.29. The first-order valence-electron chi connectivity index (χ1n) is 9.16. The fraction of sp³-hybridized carbons (Fsp3) is 0.556. The van der Waals surface area contributed by atoms with E-state index in [-0.39, 0.29) is 11.9 Å². The van der Waals surface area contributed by atoms with Gasteiger partial charge in [0.1, 0.15) is 0 Å². The predicted molar refractivity (Wildman–Crippen MR) is 101 cm³/mol. The van der Waals surface area contributed by atoms with Crippen LogP contribution in [0.5, 0.6) is 0 Å². The van der Waals surface area contributed by atoms with Gasteiger partial charge in [0.15, 0.2) is 0 Å². The molecule has 1 atom stereocenters. The van der Waals surface area contributed by atoms with Crippen molar-refractivity contribution in [2.24, 2.45) is 5.92 Å². The lowest BCUT2D eigenvalue weighted by Gasteiger charge is -2.19. The summed E-state index contributed by atoms with van der Waals surface area (Å²) in [6.45, 7) is 0. The molecule has 1 heterocycles. The van der Waals surface area contributed by atoms with Gasteiger partial charge in [-0.25, -0.2) is 4.68 Å². The van der Waals surface area contributed by atoms with E-state index in [0.29, 0.717) is 22.7 Å². The van der Waals surface area contributed by atoms with E-state index < -0.39 is 0 Å². The molecule has 8 heteroatoms. The number of benzene rings is 1. The van der Waals surface area contributed by atoms with E-state index in [1.54, 1.807) is 0 Å². The topological polar surface area (TPSA) is 72.7 Å². The van der Waals surface area contributed by atoms with Crippen LogP contribution in [0.2, 0.25) is 5.02 Å².